The van der Waals surface area contributed by atoms with Crippen LogP contribution in [0.4, 0.5) is 11.5 Å². The molecule has 33 heavy (non-hydrogen) atoms. The van der Waals surface area contributed by atoms with Gasteiger partial charge in [0.1, 0.15) is 5.82 Å². The number of hydrogen-bond donors (Lipinski definition) is 2. The maximum atomic E-state index is 12.9. The van der Waals surface area contributed by atoms with Gasteiger partial charge < -0.3 is 10.6 Å². The summed E-state index contributed by atoms with van der Waals surface area (Å²) in [7, 11) is 0. The van der Waals surface area contributed by atoms with Gasteiger partial charge in [-0.05, 0) is 36.8 Å². The molecular formula is C26H21N5O2. The third kappa shape index (κ3) is 4.04. The average Bonchev–Trinajstić information content (AvgIpc) is 2.85. The first-order valence-electron chi connectivity index (χ1n) is 10.6. The number of nitrogens with one attached hydrogen (secondary N) is 2. The van der Waals surface area contributed by atoms with Crippen LogP contribution in [0.15, 0.2) is 89.9 Å². The molecule has 7 nitrogen and oxygen atoms in total. The van der Waals surface area contributed by atoms with Crippen LogP contribution in [0.3, 0.4) is 0 Å². The molecule has 0 aliphatic rings. The first-order valence-corrected chi connectivity index (χ1v) is 10.6. The molecule has 0 unspecified atom stereocenters. The molecule has 2 heterocycles. The SMILES string of the molecule is Cc1cn2c(=O)c3ccccc3nc2nc1Nc1ccccc1C(=O)NCc1ccccc1. The van der Waals surface area contributed by atoms with E-state index >= 15 is 0 Å². The van der Waals surface area contributed by atoms with Gasteiger partial charge in [-0.2, -0.15) is 4.98 Å². The fourth-order valence-corrected chi connectivity index (χ4v) is 3.69. The van der Waals surface area contributed by atoms with E-state index in [0.29, 0.717) is 34.5 Å². The molecule has 1 amide bonds. The molecule has 5 rings (SSSR count). The Labute approximate surface area is 189 Å². The maximum absolute atomic E-state index is 12.9. The van der Waals surface area contributed by atoms with Gasteiger partial charge in [-0.3, -0.25) is 14.0 Å². The minimum absolute atomic E-state index is 0.168. The summed E-state index contributed by atoms with van der Waals surface area (Å²) in [6, 6.07) is 24.2. The van der Waals surface area contributed by atoms with Gasteiger partial charge in [-0.1, -0.05) is 54.6 Å². The number of aryl methyl sites for hydroxylation is 1. The molecule has 2 N–H and O–H groups in total. The predicted octanol–water partition coefficient (Wildman–Crippen LogP) is 4.22. The summed E-state index contributed by atoms with van der Waals surface area (Å²) in [6.45, 7) is 2.29. The number of hydrogen-bond acceptors (Lipinski definition) is 5. The number of rotatable bonds is 5. The van der Waals surface area contributed by atoms with E-state index in [9.17, 15) is 9.59 Å². The van der Waals surface area contributed by atoms with E-state index in [1.165, 1.54) is 4.40 Å². The number of aromatic nitrogens is 3. The van der Waals surface area contributed by atoms with Crippen molar-refractivity contribution in [3.8, 4) is 0 Å². The van der Waals surface area contributed by atoms with Crippen molar-refractivity contribution in [1.82, 2.24) is 19.7 Å². The lowest BCUT2D eigenvalue weighted by atomic mass is 10.1. The average molecular weight is 435 g/mol. The van der Waals surface area contributed by atoms with Crippen molar-refractivity contribution in [2.45, 2.75) is 13.5 Å². The molecule has 0 atom stereocenters. The van der Waals surface area contributed by atoms with Crippen LogP contribution in [0.25, 0.3) is 16.7 Å². The molecule has 2 aromatic heterocycles. The number of benzene rings is 3. The molecule has 0 saturated carbocycles. The van der Waals surface area contributed by atoms with Gasteiger partial charge in [0, 0.05) is 18.3 Å². The highest BCUT2D eigenvalue weighted by molar-refractivity contribution is 6.00. The van der Waals surface area contributed by atoms with Crippen LogP contribution in [0, 0.1) is 6.92 Å². The monoisotopic (exact) mass is 435 g/mol. The Bertz CT molecular complexity index is 1540. The van der Waals surface area contributed by atoms with Crippen LogP contribution >= 0.6 is 0 Å². The van der Waals surface area contributed by atoms with Crippen molar-refractivity contribution in [2.75, 3.05) is 5.32 Å². The van der Waals surface area contributed by atoms with Crippen LogP contribution in [-0.4, -0.2) is 20.3 Å². The molecular weight excluding hydrogens is 414 g/mol. The van der Waals surface area contributed by atoms with E-state index in [-0.39, 0.29) is 17.2 Å². The smallest absolute Gasteiger partial charge is 0.266 e. The Morgan fingerprint density at radius 1 is 0.909 bits per heavy atom. The third-order valence-corrected chi connectivity index (χ3v) is 5.42. The number of carbonyl (C=O) groups is 1. The standard InChI is InChI=1S/C26H21N5O2/c1-17-16-31-25(33)20-12-6-8-14-22(20)29-26(31)30-23(17)28-21-13-7-5-11-19(21)24(32)27-15-18-9-3-2-4-10-18/h2-14,16H,15H2,1H3,(H,27,32)(H,28,29,30). The van der Waals surface area contributed by atoms with Gasteiger partial charge in [0.05, 0.1) is 22.2 Å². The highest BCUT2D eigenvalue weighted by Gasteiger charge is 2.14. The maximum Gasteiger partial charge on any atom is 0.266 e. The fourth-order valence-electron chi connectivity index (χ4n) is 3.69. The summed E-state index contributed by atoms with van der Waals surface area (Å²) in [5.41, 5.74) is 3.31. The van der Waals surface area contributed by atoms with E-state index in [1.54, 1.807) is 24.4 Å². The first kappa shape index (κ1) is 20.4. The molecule has 5 aromatic rings. The van der Waals surface area contributed by atoms with E-state index in [1.807, 2.05) is 67.6 Å². The van der Waals surface area contributed by atoms with Gasteiger partial charge in [0.15, 0.2) is 0 Å². The molecule has 0 fully saturated rings. The predicted molar refractivity (Wildman–Crippen MR) is 129 cm³/mol. The van der Waals surface area contributed by atoms with Gasteiger partial charge >= 0.3 is 0 Å². The molecule has 162 valence electrons. The van der Waals surface area contributed by atoms with Crippen molar-refractivity contribution >= 4 is 34.1 Å². The lowest BCUT2D eigenvalue weighted by Crippen LogP contribution is -2.23. The van der Waals surface area contributed by atoms with E-state index in [0.717, 1.165) is 11.1 Å². The van der Waals surface area contributed by atoms with Crippen LogP contribution in [0.2, 0.25) is 0 Å². The molecule has 3 aromatic carbocycles. The van der Waals surface area contributed by atoms with Crippen LogP contribution in [-0.2, 0) is 6.54 Å². The molecule has 0 spiro atoms. The molecule has 7 heteroatoms. The van der Waals surface area contributed by atoms with E-state index in [2.05, 4.69) is 20.6 Å². The molecule has 0 radical (unpaired) electrons. The van der Waals surface area contributed by atoms with Crippen LogP contribution < -0.4 is 16.2 Å². The number of para-hydroxylation sites is 2. The minimum atomic E-state index is -0.194. The number of carbonyl (C=O) groups excluding carboxylic acids is 1. The van der Waals surface area contributed by atoms with Gasteiger partial charge in [-0.25, -0.2) is 4.98 Å². The van der Waals surface area contributed by atoms with Crippen LogP contribution in [0.1, 0.15) is 21.5 Å². The van der Waals surface area contributed by atoms with Crippen molar-refractivity contribution in [3.63, 3.8) is 0 Å². The normalized spacial score (nSPS) is 10.9. The zero-order chi connectivity index (χ0) is 22.8. The molecule has 0 saturated heterocycles. The fraction of sp³-hybridized carbons (Fsp3) is 0.0769. The summed E-state index contributed by atoms with van der Waals surface area (Å²) in [5.74, 6) is 0.624. The van der Waals surface area contributed by atoms with Gasteiger partial charge in [-0.15, -0.1) is 0 Å². The number of anilines is 2. The van der Waals surface area contributed by atoms with Crippen molar-refractivity contribution in [3.05, 3.63) is 112 Å². The Kier molecular flexibility index (Phi) is 5.28. The number of fused-ring (bicyclic) bond motifs is 2. The lowest BCUT2D eigenvalue weighted by Gasteiger charge is -2.14. The molecule has 0 bridgehead atoms. The second-order valence-corrected chi connectivity index (χ2v) is 7.72. The summed E-state index contributed by atoms with van der Waals surface area (Å²) in [4.78, 5) is 34.9. The van der Waals surface area contributed by atoms with Crippen molar-refractivity contribution < 1.29 is 4.79 Å². The Morgan fingerprint density at radius 3 is 2.48 bits per heavy atom. The second kappa shape index (κ2) is 8.55. The second-order valence-electron chi connectivity index (χ2n) is 7.72. The zero-order valence-electron chi connectivity index (χ0n) is 17.9. The highest BCUT2D eigenvalue weighted by Crippen LogP contribution is 2.23. The first-order chi connectivity index (χ1) is 16.1. The highest BCUT2D eigenvalue weighted by atomic mass is 16.1. The van der Waals surface area contributed by atoms with Crippen LogP contribution in [0.5, 0.6) is 0 Å². The number of nitrogens with zero attached hydrogens (tertiary/aromatic N) is 3. The zero-order valence-corrected chi connectivity index (χ0v) is 17.9. The molecule has 0 aliphatic heterocycles. The summed E-state index contributed by atoms with van der Waals surface area (Å²) in [6.07, 6.45) is 1.71. The Hall–Kier alpha value is -4.52. The largest absolute Gasteiger partial charge is 0.348 e. The summed E-state index contributed by atoms with van der Waals surface area (Å²) >= 11 is 0. The van der Waals surface area contributed by atoms with Crippen molar-refractivity contribution in [1.29, 1.82) is 0 Å². The van der Waals surface area contributed by atoms with Gasteiger partial charge in [0.25, 0.3) is 11.5 Å². The van der Waals surface area contributed by atoms with Gasteiger partial charge in [0.2, 0.25) is 5.78 Å². The third-order valence-electron chi connectivity index (χ3n) is 5.42. The lowest BCUT2D eigenvalue weighted by molar-refractivity contribution is 0.0951. The van der Waals surface area contributed by atoms with E-state index < -0.39 is 0 Å². The Balaban J connectivity index is 1.47. The summed E-state index contributed by atoms with van der Waals surface area (Å²) in [5, 5.41) is 6.75. The minimum Gasteiger partial charge on any atom is -0.348 e. The van der Waals surface area contributed by atoms with Crippen molar-refractivity contribution in [2.24, 2.45) is 0 Å². The Morgan fingerprint density at radius 2 is 1.64 bits per heavy atom. The molecule has 0 aliphatic carbocycles. The number of amides is 1. The quantitative estimate of drug-likeness (QED) is 0.404. The topological polar surface area (TPSA) is 88.4 Å². The summed E-state index contributed by atoms with van der Waals surface area (Å²) < 4.78 is 1.45. The van der Waals surface area contributed by atoms with E-state index in [4.69, 9.17) is 0 Å².